The quantitative estimate of drug-likeness (QED) is 0.763. The van der Waals surface area contributed by atoms with Crippen molar-refractivity contribution in [3.05, 3.63) is 30.4 Å². The van der Waals surface area contributed by atoms with Crippen LogP contribution in [-0.2, 0) is 0 Å². The van der Waals surface area contributed by atoms with Crippen molar-refractivity contribution in [2.45, 2.75) is 39.7 Å². The van der Waals surface area contributed by atoms with Crippen LogP contribution in [-0.4, -0.2) is 49.8 Å². The molecule has 0 unspecified atom stereocenters. The Balaban J connectivity index is 0.000000880. The molecule has 0 radical (unpaired) electrons. The van der Waals surface area contributed by atoms with E-state index in [0.717, 1.165) is 48.3 Å². The molecule has 0 aliphatic carbocycles. The molecule has 25 heavy (non-hydrogen) atoms. The van der Waals surface area contributed by atoms with Crippen molar-refractivity contribution in [1.29, 1.82) is 0 Å². The summed E-state index contributed by atoms with van der Waals surface area (Å²) in [4.78, 5) is 14.5. The largest absolute Gasteiger partial charge is 0.346 e. The Labute approximate surface area is 148 Å². The van der Waals surface area contributed by atoms with Gasteiger partial charge in [-0.2, -0.15) is 10.1 Å². The molecular formula is C18H27N7. The zero-order chi connectivity index (χ0) is 17.8. The molecule has 1 fully saturated rings. The summed E-state index contributed by atoms with van der Waals surface area (Å²) in [5, 5.41) is 8.82. The fourth-order valence-electron chi connectivity index (χ4n) is 3.14. The third kappa shape index (κ3) is 3.82. The van der Waals surface area contributed by atoms with Gasteiger partial charge in [0.2, 0.25) is 5.95 Å². The molecular weight excluding hydrogens is 314 g/mol. The molecule has 7 nitrogen and oxygen atoms in total. The van der Waals surface area contributed by atoms with Crippen LogP contribution in [0.4, 0.5) is 11.6 Å². The highest BCUT2D eigenvalue weighted by molar-refractivity contribution is 5.79. The normalized spacial score (nSPS) is 15.8. The summed E-state index contributed by atoms with van der Waals surface area (Å²) in [7, 11) is 2.17. The van der Waals surface area contributed by atoms with Crippen molar-refractivity contribution in [2.24, 2.45) is 0 Å². The number of likely N-dealkylation sites (tertiary alicyclic amines) is 1. The van der Waals surface area contributed by atoms with Gasteiger partial charge in [-0.05, 0) is 46.0 Å². The van der Waals surface area contributed by atoms with Gasteiger partial charge < -0.3 is 15.2 Å². The first-order valence-corrected chi connectivity index (χ1v) is 9.00. The van der Waals surface area contributed by atoms with Gasteiger partial charge in [0.25, 0.3) is 0 Å². The second-order valence-electron chi connectivity index (χ2n) is 6.24. The standard InChI is InChI=1S/C16H21N7.C2H6/c1-11-14-3-6-17-15(14)21-16(19-11)20-12-9-18-23(10-12)13-4-7-22(2)8-5-13;1-2/h3,6,9-10,13H,4-5,7-8H2,1-2H3,(H2,17,19,20,21);1-2H3. The van der Waals surface area contributed by atoms with Gasteiger partial charge in [-0.1, -0.05) is 13.8 Å². The SMILES string of the molecule is CC.Cc1nc(Nc2cnn(C3CCN(C)CC3)c2)nc2[nH]ccc12. The lowest BCUT2D eigenvalue weighted by Gasteiger charge is -2.28. The fourth-order valence-corrected chi connectivity index (χ4v) is 3.14. The van der Waals surface area contributed by atoms with E-state index in [0.29, 0.717) is 12.0 Å². The minimum absolute atomic E-state index is 0.482. The maximum atomic E-state index is 4.51. The van der Waals surface area contributed by atoms with E-state index in [-0.39, 0.29) is 0 Å². The number of fused-ring (bicyclic) bond motifs is 1. The number of hydrogen-bond donors (Lipinski definition) is 2. The van der Waals surface area contributed by atoms with E-state index in [9.17, 15) is 0 Å². The molecule has 0 spiro atoms. The average Bonchev–Trinajstić information content (AvgIpc) is 3.27. The van der Waals surface area contributed by atoms with E-state index >= 15 is 0 Å². The highest BCUT2D eigenvalue weighted by Crippen LogP contribution is 2.23. The Morgan fingerprint density at radius 1 is 1.20 bits per heavy atom. The number of hydrogen-bond acceptors (Lipinski definition) is 5. The lowest BCUT2D eigenvalue weighted by atomic mass is 10.1. The number of anilines is 2. The third-order valence-electron chi connectivity index (χ3n) is 4.53. The van der Waals surface area contributed by atoms with Gasteiger partial charge >= 0.3 is 0 Å². The van der Waals surface area contributed by atoms with Crippen molar-refractivity contribution in [3.8, 4) is 0 Å². The van der Waals surface area contributed by atoms with E-state index in [1.807, 2.05) is 45.4 Å². The monoisotopic (exact) mass is 341 g/mol. The molecule has 3 aromatic heterocycles. The van der Waals surface area contributed by atoms with Crippen LogP contribution in [0.25, 0.3) is 11.0 Å². The lowest BCUT2D eigenvalue weighted by Crippen LogP contribution is -2.31. The van der Waals surface area contributed by atoms with Gasteiger partial charge in [-0.25, -0.2) is 4.98 Å². The second-order valence-corrected chi connectivity index (χ2v) is 6.24. The molecule has 3 aromatic rings. The van der Waals surface area contributed by atoms with Crippen LogP contribution in [0.5, 0.6) is 0 Å². The molecule has 0 amide bonds. The van der Waals surface area contributed by atoms with Crippen molar-refractivity contribution < 1.29 is 0 Å². The molecule has 1 aliphatic rings. The van der Waals surface area contributed by atoms with Crippen LogP contribution < -0.4 is 5.32 Å². The van der Waals surface area contributed by atoms with E-state index in [1.54, 1.807) is 0 Å². The van der Waals surface area contributed by atoms with Gasteiger partial charge in [0.1, 0.15) is 5.65 Å². The highest BCUT2D eigenvalue weighted by atomic mass is 15.3. The van der Waals surface area contributed by atoms with Crippen molar-refractivity contribution in [3.63, 3.8) is 0 Å². The summed E-state index contributed by atoms with van der Waals surface area (Å²) in [5.41, 5.74) is 2.73. The molecule has 0 bridgehead atoms. The second kappa shape index (κ2) is 7.65. The smallest absolute Gasteiger partial charge is 0.229 e. The summed E-state index contributed by atoms with van der Waals surface area (Å²) < 4.78 is 2.06. The van der Waals surface area contributed by atoms with Crippen LogP contribution >= 0.6 is 0 Å². The van der Waals surface area contributed by atoms with Crippen LogP contribution in [0, 0.1) is 6.92 Å². The third-order valence-corrected chi connectivity index (χ3v) is 4.53. The van der Waals surface area contributed by atoms with Crippen LogP contribution in [0.15, 0.2) is 24.7 Å². The zero-order valence-electron chi connectivity index (χ0n) is 15.5. The predicted molar refractivity (Wildman–Crippen MR) is 101 cm³/mol. The Hall–Kier alpha value is -2.41. The Kier molecular flexibility index (Phi) is 5.33. The lowest BCUT2D eigenvalue weighted by molar-refractivity contribution is 0.212. The van der Waals surface area contributed by atoms with Gasteiger partial charge in [-0.15, -0.1) is 0 Å². The number of rotatable bonds is 3. The first-order valence-electron chi connectivity index (χ1n) is 9.00. The average molecular weight is 341 g/mol. The fraction of sp³-hybridized carbons (Fsp3) is 0.500. The van der Waals surface area contributed by atoms with Gasteiger partial charge in [-0.3, -0.25) is 4.68 Å². The van der Waals surface area contributed by atoms with E-state index in [4.69, 9.17) is 0 Å². The summed E-state index contributed by atoms with van der Waals surface area (Å²) in [5.74, 6) is 0.598. The molecule has 2 N–H and O–H groups in total. The number of piperidine rings is 1. The number of aryl methyl sites for hydroxylation is 1. The maximum Gasteiger partial charge on any atom is 0.229 e. The molecule has 1 aliphatic heterocycles. The van der Waals surface area contributed by atoms with Gasteiger partial charge in [0, 0.05) is 17.8 Å². The summed E-state index contributed by atoms with van der Waals surface area (Å²) in [6, 6.07) is 2.47. The minimum atomic E-state index is 0.482. The number of aromatic nitrogens is 5. The van der Waals surface area contributed by atoms with E-state index in [1.165, 1.54) is 0 Å². The summed E-state index contributed by atoms with van der Waals surface area (Å²) in [6.07, 6.45) is 8.06. The zero-order valence-corrected chi connectivity index (χ0v) is 15.5. The maximum absolute atomic E-state index is 4.51. The molecule has 134 valence electrons. The first kappa shape index (κ1) is 17.4. The Morgan fingerprint density at radius 2 is 1.96 bits per heavy atom. The molecule has 7 heteroatoms. The molecule has 4 rings (SSSR count). The number of nitrogens with zero attached hydrogens (tertiary/aromatic N) is 5. The summed E-state index contributed by atoms with van der Waals surface area (Å²) in [6.45, 7) is 8.24. The Morgan fingerprint density at radius 3 is 2.72 bits per heavy atom. The predicted octanol–water partition coefficient (Wildman–Crippen LogP) is 3.50. The van der Waals surface area contributed by atoms with Crippen LogP contribution in [0.1, 0.15) is 38.4 Å². The number of aromatic amines is 1. The molecule has 0 atom stereocenters. The van der Waals surface area contributed by atoms with Crippen molar-refractivity contribution in [1.82, 2.24) is 29.6 Å². The van der Waals surface area contributed by atoms with Gasteiger partial charge in [0.15, 0.2) is 0 Å². The van der Waals surface area contributed by atoms with E-state index < -0.39 is 0 Å². The van der Waals surface area contributed by atoms with Crippen molar-refractivity contribution in [2.75, 3.05) is 25.5 Å². The number of H-pyrrole nitrogens is 1. The van der Waals surface area contributed by atoms with Gasteiger partial charge in [0.05, 0.1) is 23.6 Å². The summed E-state index contributed by atoms with van der Waals surface area (Å²) >= 11 is 0. The molecule has 0 aromatic carbocycles. The van der Waals surface area contributed by atoms with Crippen LogP contribution in [0.2, 0.25) is 0 Å². The molecule has 4 heterocycles. The highest BCUT2D eigenvalue weighted by Gasteiger charge is 2.19. The Bertz CT molecular complexity index is 812. The van der Waals surface area contributed by atoms with Crippen molar-refractivity contribution >= 4 is 22.7 Å². The topological polar surface area (TPSA) is 74.7 Å². The minimum Gasteiger partial charge on any atom is -0.346 e. The molecule has 1 saturated heterocycles. The number of nitrogens with one attached hydrogen (secondary N) is 2. The van der Waals surface area contributed by atoms with E-state index in [2.05, 4.69) is 42.0 Å². The van der Waals surface area contributed by atoms with Crippen LogP contribution in [0.3, 0.4) is 0 Å². The molecule has 0 saturated carbocycles. The first-order chi connectivity index (χ1) is 12.2.